The molecule has 2 aromatic rings. The molecule has 0 N–H and O–H groups in total. The van der Waals surface area contributed by atoms with E-state index in [9.17, 15) is 8.42 Å². The lowest BCUT2D eigenvalue weighted by molar-refractivity contribution is 0.378. The lowest BCUT2D eigenvalue weighted by Crippen LogP contribution is -2.49. The van der Waals surface area contributed by atoms with Gasteiger partial charge in [0, 0.05) is 51.3 Å². The van der Waals surface area contributed by atoms with Crippen molar-refractivity contribution in [3.8, 4) is 6.07 Å². The number of aromatic nitrogens is 3. The molecule has 0 bridgehead atoms. The van der Waals surface area contributed by atoms with Gasteiger partial charge in [-0.3, -0.25) is 0 Å². The number of sulfonamides is 1. The number of nitriles is 1. The van der Waals surface area contributed by atoms with Crippen LogP contribution in [0.15, 0.2) is 35.9 Å². The Morgan fingerprint density at radius 1 is 1.21 bits per heavy atom. The molecule has 0 radical (unpaired) electrons. The second kappa shape index (κ2) is 6.59. The van der Waals surface area contributed by atoms with Gasteiger partial charge in [0.25, 0.3) is 10.0 Å². The van der Waals surface area contributed by atoms with Gasteiger partial charge in [-0.15, -0.1) is 0 Å². The third-order valence-corrected chi connectivity index (χ3v) is 5.91. The predicted octanol–water partition coefficient (Wildman–Crippen LogP) is 0.681. The molecular formula is C15H18N6O2S. The fourth-order valence-electron chi connectivity index (χ4n) is 2.79. The van der Waals surface area contributed by atoms with Crippen LogP contribution in [-0.2, 0) is 16.6 Å². The molecular weight excluding hydrogens is 328 g/mol. The highest BCUT2D eigenvalue weighted by Crippen LogP contribution is 2.22. The maximum Gasteiger partial charge on any atom is 0.277 e. The molecule has 0 unspecified atom stereocenters. The number of anilines is 1. The maximum atomic E-state index is 12.8. The summed E-state index contributed by atoms with van der Waals surface area (Å²) in [5.74, 6) is 0. The Balaban J connectivity index is 1.77. The molecule has 24 heavy (non-hydrogen) atoms. The lowest BCUT2D eigenvalue weighted by atomic mass is 10.2. The van der Waals surface area contributed by atoms with E-state index in [1.54, 1.807) is 23.0 Å². The normalized spacial score (nSPS) is 16.1. The van der Waals surface area contributed by atoms with Crippen LogP contribution in [0.4, 0.5) is 5.69 Å². The van der Waals surface area contributed by atoms with E-state index >= 15 is 0 Å². The van der Waals surface area contributed by atoms with Crippen molar-refractivity contribution in [3.63, 3.8) is 0 Å². The largest absolute Gasteiger partial charge is 0.367 e. The zero-order valence-electron chi connectivity index (χ0n) is 13.3. The van der Waals surface area contributed by atoms with Crippen LogP contribution in [0, 0.1) is 11.3 Å². The van der Waals surface area contributed by atoms with Crippen molar-refractivity contribution >= 4 is 15.7 Å². The quantitative estimate of drug-likeness (QED) is 0.808. The van der Waals surface area contributed by atoms with Crippen molar-refractivity contribution in [2.24, 2.45) is 0 Å². The first kappa shape index (κ1) is 16.4. The predicted molar refractivity (Wildman–Crippen MR) is 87.8 cm³/mol. The molecule has 8 nitrogen and oxygen atoms in total. The van der Waals surface area contributed by atoms with Gasteiger partial charge >= 0.3 is 0 Å². The van der Waals surface area contributed by atoms with Crippen LogP contribution < -0.4 is 4.90 Å². The molecule has 9 heteroatoms. The van der Waals surface area contributed by atoms with Gasteiger partial charge in [0.1, 0.15) is 6.07 Å². The lowest BCUT2D eigenvalue weighted by Gasteiger charge is -2.35. The number of rotatable bonds is 4. The second-order valence-electron chi connectivity index (χ2n) is 5.37. The molecule has 2 aromatic heterocycles. The Morgan fingerprint density at radius 2 is 1.96 bits per heavy atom. The molecule has 3 heterocycles. The third-order valence-electron chi connectivity index (χ3n) is 4.06. The molecule has 0 saturated carbocycles. The molecule has 0 spiro atoms. The average molecular weight is 346 g/mol. The van der Waals surface area contributed by atoms with Gasteiger partial charge in [0.05, 0.1) is 5.69 Å². The van der Waals surface area contributed by atoms with Gasteiger partial charge < -0.3 is 9.47 Å². The van der Waals surface area contributed by atoms with Crippen LogP contribution >= 0.6 is 0 Å². The van der Waals surface area contributed by atoms with Gasteiger partial charge in [-0.25, -0.2) is 18.4 Å². The first-order valence-electron chi connectivity index (χ1n) is 7.69. The number of pyridine rings is 1. The molecule has 0 amide bonds. The Hall–Kier alpha value is -2.44. The topological polar surface area (TPSA) is 95.1 Å². The minimum Gasteiger partial charge on any atom is -0.367 e. The summed E-state index contributed by atoms with van der Waals surface area (Å²) in [5.41, 5.74) is 1.10. The molecule has 1 aliphatic heterocycles. The van der Waals surface area contributed by atoms with Crippen LogP contribution in [0.25, 0.3) is 0 Å². The van der Waals surface area contributed by atoms with Gasteiger partial charge in [-0.2, -0.15) is 9.57 Å². The number of hydrogen-bond donors (Lipinski definition) is 0. The van der Waals surface area contributed by atoms with Gasteiger partial charge in [0.2, 0.25) is 5.16 Å². The highest BCUT2D eigenvalue weighted by molar-refractivity contribution is 7.89. The minimum atomic E-state index is -3.60. The number of imidazole rings is 1. The minimum absolute atomic E-state index is 0.0811. The van der Waals surface area contributed by atoms with Crippen molar-refractivity contribution in [2.45, 2.75) is 18.6 Å². The maximum absolute atomic E-state index is 12.8. The van der Waals surface area contributed by atoms with Crippen LogP contribution in [-0.4, -0.2) is 53.4 Å². The summed E-state index contributed by atoms with van der Waals surface area (Å²) in [6, 6.07) is 5.68. The third kappa shape index (κ3) is 2.86. The van der Waals surface area contributed by atoms with Gasteiger partial charge in [-0.05, 0) is 19.1 Å². The number of hydrogen-bond acceptors (Lipinski definition) is 6. The van der Waals surface area contributed by atoms with Crippen molar-refractivity contribution < 1.29 is 8.42 Å². The molecule has 0 aromatic carbocycles. The molecule has 1 aliphatic rings. The van der Waals surface area contributed by atoms with E-state index in [2.05, 4.69) is 16.0 Å². The van der Waals surface area contributed by atoms with Gasteiger partial charge in [-0.1, -0.05) is 0 Å². The smallest absolute Gasteiger partial charge is 0.277 e. The summed E-state index contributed by atoms with van der Waals surface area (Å²) in [6.45, 7) is 4.14. The zero-order valence-corrected chi connectivity index (χ0v) is 14.1. The van der Waals surface area contributed by atoms with E-state index in [0.29, 0.717) is 38.4 Å². The molecule has 0 aliphatic carbocycles. The summed E-state index contributed by atoms with van der Waals surface area (Å²) in [6.07, 6.45) is 4.74. The highest BCUT2D eigenvalue weighted by atomic mass is 32.2. The molecule has 126 valence electrons. The summed E-state index contributed by atoms with van der Waals surface area (Å²) in [7, 11) is -3.60. The van der Waals surface area contributed by atoms with Crippen LogP contribution in [0.1, 0.15) is 12.6 Å². The SMILES string of the molecule is CCn1ccnc1S(=O)(=O)N1CCN(c2cccnc2C#N)CC1. The van der Waals surface area contributed by atoms with E-state index in [0.717, 1.165) is 5.69 Å². The van der Waals surface area contributed by atoms with E-state index in [1.807, 2.05) is 17.9 Å². The average Bonchev–Trinajstić information content (AvgIpc) is 3.11. The summed E-state index contributed by atoms with van der Waals surface area (Å²) in [4.78, 5) is 10.1. The van der Waals surface area contributed by atoms with E-state index in [4.69, 9.17) is 5.26 Å². The van der Waals surface area contributed by atoms with Crippen molar-refractivity contribution in [2.75, 3.05) is 31.1 Å². The fraction of sp³-hybridized carbons (Fsp3) is 0.400. The zero-order chi connectivity index (χ0) is 17.2. The first-order chi connectivity index (χ1) is 11.6. The van der Waals surface area contributed by atoms with Crippen LogP contribution in [0.3, 0.4) is 0 Å². The highest BCUT2D eigenvalue weighted by Gasteiger charge is 2.32. The Bertz CT molecular complexity index is 862. The molecule has 3 rings (SSSR count). The summed E-state index contributed by atoms with van der Waals surface area (Å²) < 4.78 is 28.6. The van der Waals surface area contributed by atoms with E-state index < -0.39 is 10.0 Å². The van der Waals surface area contributed by atoms with Crippen molar-refractivity contribution in [3.05, 3.63) is 36.4 Å². The van der Waals surface area contributed by atoms with Crippen LogP contribution in [0.2, 0.25) is 0 Å². The van der Waals surface area contributed by atoms with Crippen molar-refractivity contribution in [1.29, 1.82) is 5.26 Å². The molecule has 1 saturated heterocycles. The Labute approximate surface area is 141 Å². The fourth-order valence-corrected chi connectivity index (χ4v) is 4.35. The van der Waals surface area contributed by atoms with Crippen molar-refractivity contribution in [1.82, 2.24) is 18.8 Å². The number of piperazine rings is 1. The Kier molecular flexibility index (Phi) is 4.51. The monoisotopic (exact) mass is 346 g/mol. The summed E-state index contributed by atoms with van der Waals surface area (Å²) >= 11 is 0. The Morgan fingerprint density at radius 3 is 2.62 bits per heavy atom. The molecule has 1 fully saturated rings. The van der Waals surface area contributed by atoms with Crippen LogP contribution in [0.5, 0.6) is 0 Å². The van der Waals surface area contributed by atoms with E-state index in [-0.39, 0.29) is 5.16 Å². The number of aryl methyl sites for hydroxylation is 1. The standard InChI is InChI=1S/C15H18N6O2S/c1-2-19-7-6-18-15(19)24(22,23)21-10-8-20(9-11-21)14-4-3-5-17-13(14)12-16/h3-7H,2,8-11H2,1H3. The first-order valence-corrected chi connectivity index (χ1v) is 9.13. The van der Waals surface area contributed by atoms with E-state index in [1.165, 1.54) is 10.5 Å². The second-order valence-corrected chi connectivity index (χ2v) is 7.20. The molecule has 0 atom stereocenters. The number of nitrogens with zero attached hydrogens (tertiary/aromatic N) is 6. The summed E-state index contributed by atoms with van der Waals surface area (Å²) in [5, 5.41) is 9.24. The van der Waals surface area contributed by atoms with Gasteiger partial charge in [0.15, 0.2) is 5.69 Å².